The Morgan fingerprint density at radius 2 is 1.44 bits per heavy atom. The van der Waals surface area contributed by atoms with Gasteiger partial charge in [0.15, 0.2) is 0 Å². The number of benzene rings is 3. The predicted molar refractivity (Wildman–Crippen MR) is 157 cm³/mol. The molecule has 4 rings (SSSR count). The first-order valence-corrected chi connectivity index (χ1v) is 16.0. The normalized spacial score (nSPS) is 15.4. The van der Waals surface area contributed by atoms with Crippen molar-refractivity contribution in [3.63, 3.8) is 0 Å². The zero-order chi connectivity index (χ0) is 28.9. The van der Waals surface area contributed by atoms with Crippen LogP contribution in [-0.2, 0) is 38.5 Å². The summed E-state index contributed by atoms with van der Waals surface area (Å²) in [6.45, 7) is 0.117. The summed E-state index contributed by atoms with van der Waals surface area (Å²) >= 11 is 0. The summed E-state index contributed by atoms with van der Waals surface area (Å²) in [5.74, 6) is -0.984. The molecule has 1 amide bonds. The molecule has 1 saturated carbocycles. The average Bonchev–Trinajstić information content (AvgIpc) is 3.51. The molecule has 0 heterocycles. The summed E-state index contributed by atoms with van der Waals surface area (Å²) in [6, 6.07) is 25.9. The molecule has 0 radical (unpaired) electrons. The van der Waals surface area contributed by atoms with Crippen LogP contribution < -0.4 is 10.1 Å². The standard InChI is InChI=1S/C32H38NO7P/c34-31(38-23-25-11-3-1-4-12-25)20-19-30(33-32(35)39-24-26-13-5-2-6-14-26)41(36,37)22-21-27-15-7-10-18-29(27)40-28-16-8-9-17-28/h1-7,10-15,18,28,30H,8-9,16-17,19-24H2,(H,33,35)(H,36,37). The van der Waals surface area contributed by atoms with Crippen molar-refractivity contribution in [3.05, 3.63) is 102 Å². The van der Waals surface area contributed by atoms with E-state index < -0.39 is 25.2 Å². The van der Waals surface area contributed by atoms with Gasteiger partial charge >= 0.3 is 12.1 Å². The summed E-state index contributed by atoms with van der Waals surface area (Å²) in [5, 5.41) is 2.55. The highest BCUT2D eigenvalue weighted by Gasteiger charge is 2.33. The van der Waals surface area contributed by atoms with E-state index in [1.165, 1.54) is 0 Å². The Kier molecular flexibility index (Phi) is 11.4. The van der Waals surface area contributed by atoms with Crippen LogP contribution in [0.15, 0.2) is 84.9 Å². The second kappa shape index (κ2) is 15.4. The molecule has 0 aromatic heterocycles. The van der Waals surface area contributed by atoms with Gasteiger partial charge in [0.2, 0.25) is 7.37 Å². The number of carbonyl (C=O) groups is 2. The third kappa shape index (κ3) is 10.1. The van der Waals surface area contributed by atoms with Crippen LogP contribution in [0.4, 0.5) is 4.79 Å². The molecular formula is C32H38NO7P. The van der Waals surface area contributed by atoms with Crippen LogP contribution in [-0.4, -0.2) is 35.0 Å². The zero-order valence-electron chi connectivity index (χ0n) is 23.2. The molecule has 8 nitrogen and oxygen atoms in total. The lowest BCUT2D eigenvalue weighted by Gasteiger charge is -2.24. The fraction of sp³-hybridized carbons (Fsp3) is 0.375. The van der Waals surface area contributed by atoms with Crippen LogP contribution in [0.2, 0.25) is 0 Å². The molecule has 2 atom stereocenters. The number of nitrogens with one attached hydrogen (secondary N) is 1. The molecule has 0 spiro atoms. The fourth-order valence-corrected chi connectivity index (χ4v) is 6.50. The van der Waals surface area contributed by atoms with Crippen molar-refractivity contribution in [2.75, 3.05) is 6.16 Å². The predicted octanol–water partition coefficient (Wildman–Crippen LogP) is 6.60. The number of rotatable bonds is 14. The molecule has 0 saturated heterocycles. The monoisotopic (exact) mass is 579 g/mol. The van der Waals surface area contributed by atoms with Gasteiger partial charge in [-0.3, -0.25) is 9.36 Å². The minimum absolute atomic E-state index is 0.0140. The number of alkyl carbamates (subject to hydrolysis) is 1. The fourth-order valence-electron chi connectivity index (χ4n) is 4.79. The molecule has 2 unspecified atom stereocenters. The molecule has 41 heavy (non-hydrogen) atoms. The van der Waals surface area contributed by atoms with Crippen LogP contribution in [0, 0.1) is 0 Å². The molecule has 2 N–H and O–H groups in total. The van der Waals surface area contributed by atoms with Crippen molar-refractivity contribution < 1.29 is 33.3 Å². The maximum Gasteiger partial charge on any atom is 0.408 e. The van der Waals surface area contributed by atoms with E-state index in [4.69, 9.17) is 14.2 Å². The highest BCUT2D eigenvalue weighted by Crippen LogP contribution is 2.48. The highest BCUT2D eigenvalue weighted by molar-refractivity contribution is 7.58. The number of hydrogen-bond donors (Lipinski definition) is 2. The Balaban J connectivity index is 1.38. The van der Waals surface area contributed by atoms with Crippen molar-refractivity contribution in [3.8, 4) is 5.75 Å². The number of ether oxygens (including phenoxy) is 3. The molecule has 3 aromatic rings. The number of hydrogen-bond acceptors (Lipinski definition) is 6. The molecule has 3 aromatic carbocycles. The third-order valence-electron chi connectivity index (χ3n) is 7.12. The van der Waals surface area contributed by atoms with Crippen LogP contribution >= 0.6 is 7.37 Å². The lowest BCUT2D eigenvalue weighted by Crippen LogP contribution is -2.36. The van der Waals surface area contributed by atoms with E-state index in [-0.39, 0.29) is 44.7 Å². The number of esters is 1. The minimum atomic E-state index is -3.98. The summed E-state index contributed by atoms with van der Waals surface area (Å²) < 4.78 is 30.5. The maximum atomic E-state index is 13.6. The second-order valence-electron chi connectivity index (χ2n) is 10.3. The molecule has 0 bridgehead atoms. The SMILES string of the molecule is O=C(CCC(NC(=O)OCc1ccccc1)P(=O)(O)CCc1ccccc1OC1CCCC1)OCc1ccccc1. The van der Waals surface area contributed by atoms with Crippen LogP contribution in [0.25, 0.3) is 0 Å². The Labute approximate surface area is 241 Å². The topological polar surface area (TPSA) is 111 Å². The van der Waals surface area contributed by atoms with Crippen LogP contribution in [0.1, 0.15) is 55.2 Å². The third-order valence-corrected chi connectivity index (χ3v) is 9.34. The lowest BCUT2D eigenvalue weighted by atomic mass is 10.1. The largest absolute Gasteiger partial charge is 0.490 e. The van der Waals surface area contributed by atoms with Gasteiger partial charge < -0.3 is 24.4 Å². The average molecular weight is 580 g/mol. The van der Waals surface area contributed by atoms with E-state index in [9.17, 15) is 19.0 Å². The van der Waals surface area contributed by atoms with Crippen molar-refractivity contribution >= 4 is 19.4 Å². The number of carbonyl (C=O) groups excluding carboxylic acids is 2. The molecule has 1 aliphatic rings. The summed E-state index contributed by atoms with van der Waals surface area (Å²) in [4.78, 5) is 36.3. The first kappa shape index (κ1) is 30.4. The van der Waals surface area contributed by atoms with E-state index in [1.54, 1.807) is 0 Å². The smallest absolute Gasteiger partial charge is 0.408 e. The molecular weight excluding hydrogens is 541 g/mol. The van der Waals surface area contributed by atoms with Gasteiger partial charge in [-0.05, 0) is 61.3 Å². The van der Waals surface area contributed by atoms with Gasteiger partial charge in [0.1, 0.15) is 24.7 Å². The molecule has 0 aliphatic heterocycles. The van der Waals surface area contributed by atoms with E-state index >= 15 is 0 Å². The zero-order valence-corrected chi connectivity index (χ0v) is 24.0. The van der Waals surface area contributed by atoms with Crippen LogP contribution in [0.3, 0.4) is 0 Å². The molecule has 9 heteroatoms. The highest BCUT2D eigenvalue weighted by atomic mass is 31.2. The van der Waals surface area contributed by atoms with Crippen molar-refractivity contribution in [2.24, 2.45) is 0 Å². The van der Waals surface area contributed by atoms with E-state index in [0.717, 1.165) is 48.1 Å². The van der Waals surface area contributed by atoms with E-state index in [0.29, 0.717) is 0 Å². The second-order valence-corrected chi connectivity index (χ2v) is 12.8. The van der Waals surface area contributed by atoms with Gasteiger partial charge in [-0.2, -0.15) is 0 Å². The number of para-hydroxylation sites is 1. The Hall–Kier alpha value is -3.61. The summed E-state index contributed by atoms with van der Waals surface area (Å²) in [5.41, 5.74) is 2.46. The van der Waals surface area contributed by atoms with Gasteiger partial charge in [-0.15, -0.1) is 0 Å². The Morgan fingerprint density at radius 1 is 0.854 bits per heavy atom. The first-order valence-electron chi connectivity index (χ1n) is 14.1. The van der Waals surface area contributed by atoms with Gasteiger partial charge in [-0.1, -0.05) is 78.9 Å². The van der Waals surface area contributed by atoms with Gasteiger partial charge in [0.25, 0.3) is 0 Å². The minimum Gasteiger partial charge on any atom is -0.490 e. The van der Waals surface area contributed by atoms with Gasteiger partial charge in [0, 0.05) is 12.6 Å². The number of amides is 1. The first-order chi connectivity index (χ1) is 19.9. The van der Waals surface area contributed by atoms with Gasteiger partial charge in [0.05, 0.1) is 6.10 Å². The van der Waals surface area contributed by atoms with E-state index in [1.807, 2.05) is 84.9 Å². The quantitative estimate of drug-likeness (QED) is 0.164. The van der Waals surface area contributed by atoms with Crippen molar-refractivity contribution in [1.29, 1.82) is 0 Å². The molecule has 1 fully saturated rings. The lowest BCUT2D eigenvalue weighted by molar-refractivity contribution is -0.145. The van der Waals surface area contributed by atoms with Crippen molar-refractivity contribution in [1.82, 2.24) is 5.32 Å². The maximum absolute atomic E-state index is 13.6. The number of aryl methyl sites for hydroxylation is 1. The molecule has 218 valence electrons. The van der Waals surface area contributed by atoms with Crippen molar-refractivity contribution in [2.45, 2.75) is 70.0 Å². The van der Waals surface area contributed by atoms with Gasteiger partial charge in [-0.25, -0.2) is 4.79 Å². The van der Waals surface area contributed by atoms with E-state index in [2.05, 4.69) is 5.32 Å². The Morgan fingerprint density at radius 3 is 2.10 bits per heavy atom. The summed E-state index contributed by atoms with van der Waals surface area (Å²) in [7, 11) is -3.98. The summed E-state index contributed by atoms with van der Waals surface area (Å²) in [6.07, 6.45) is 3.61. The Bertz CT molecular complexity index is 1300. The van der Waals surface area contributed by atoms with Crippen LogP contribution in [0.5, 0.6) is 5.75 Å². The molecule has 1 aliphatic carbocycles.